The summed E-state index contributed by atoms with van der Waals surface area (Å²) in [5.74, 6) is 0. The predicted molar refractivity (Wildman–Crippen MR) is 73.4 cm³/mol. The monoisotopic (exact) mass is 275 g/mol. The minimum absolute atomic E-state index is 1.10. The Morgan fingerprint density at radius 3 is 2.25 bits per heavy atom. The first-order valence-electron chi connectivity index (χ1n) is 5.23. The summed E-state index contributed by atoms with van der Waals surface area (Å²) >= 11 is 3.49. The number of nitrogens with zero attached hydrogens (tertiary/aromatic N) is 1. The van der Waals surface area contributed by atoms with E-state index >= 15 is 0 Å². The molecule has 0 aromatic heterocycles. The Hall–Kier alpha value is -1.28. The molecule has 0 N–H and O–H groups in total. The number of hydrogen-bond donors (Lipinski definition) is 0. The highest BCUT2D eigenvalue weighted by Crippen LogP contribution is 2.25. The molecule has 0 aliphatic heterocycles. The van der Waals surface area contributed by atoms with Crippen molar-refractivity contribution >= 4 is 27.3 Å². The Morgan fingerprint density at radius 2 is 1.62 bits per heavy atom. The van der Waals surface area contributed by atoms with E-state index in [0.717, 1.165) is 4.47 Å². The normalized spacial score (nSPS) is 10.2. The van der Waals surface area contributed by atoms with E-state index in [-0.39, 0.29) is 0 Å². The van der Waals surface area contributed by atoms with Crippen LogP contribution in [0, 0.1) is 6.92 Å². The first kappa shape index (κ1) is 11.2. The summed E-state index contributed by atoms with van der Waals surface area (Å²) in [5.41, 5.74) is 3.66. The first-order chi connectivity index (χ1) is 7.66. The van der Waals surface area contributed by atoms with Crippen molar-refractivity contribution in [3.63, 3.8) is 0 Å². The van der Waals surface area contributed by atoms with Gasteiger partial charge in [0.05, 0.1) is 0 Å². The lowest BCUT2D eigenvalue weighted by Gasteiger charge is -2.19. The molecule has 16 heavy (non-hydrogen) atoms. The molecule has 2 aromatic carbocycles. The van der Waals surface area contributed by atoms with Gasteiger partial charge in [0, 0.05) is 22.9 Å². The van der Waals surface area contributed by atoms with Gasteiger partial charge in [-0.15, -0.1) is 0 Å². The van der Waals surface area contributed by atoms with Crippen LogP contribution in [0.2, 0.25) is 0 Å². The second kappa shape index (κ2) is 4.71. The second-order valence-electron chi connectivity index (χ2n) is 3.87. The van der Waals surface area contributed by atoms with E-state index in [1.54, 1.807) is 0 Å². The number of aryl methyl sites for hydroxylation is 1. The van der Waals surface area contributed by atoms with Crippen molar-refractivity contribution in [2.75, 3.05) is 11.9 Å². The fraction of sp³-hybridized carbons (Fsp3) is 0.143. The molecule has 0 atom stereocenters. The van der Waals surface area contributed by atoms with Crippen LogP contribution in [0.3, 0.4) is 0 Å². The van der Waals surface area contributed by atoms with Gasteiger partial charge in [-0.3, -0.25) is 0 Å². The van der Waals surface area contributed by atoms with E-state index in [1.165, 1.54) is 16.9 Å². The van der Waals surface area contributed by atoms with E-state index in [1.807, 2.05) is 12.1 Å². The molecule has 0 saturated carbocycles. The van der Waals surface area contributed by atoms with Crippen LogP contribution >= 0.6 is 15.9 Å². The Bertz CT molecular complexity index is 476. The van der Waals surface area contributed by atoms with Crippen molar-refractivity contribution in [2.45, 2.75) is 6.92 Å². The van der Waals surface area contributed by atoms with Crippen molar-refractivity contribution in [1.29, 1.82) is 0 Å². The lowest BCUT2D eigenvalue weighted by Crippen LogP contribution is -2.08. The van der Waals surface area contributed by atoms with E-state index in [4.69, 9.17) is 0 Å². The maximum atomic E-state index is 3.49. The van der Waals surface area contributed by atoms with Gasteiger partial charge in [-0.05, 0) is 37.3 Å². The topological polar surface area (TPSA) is 3.24 Å². The summed E-state index contributed by atoms with van der Waals surface area (Å²) in [6.45, 7) is 2.10. The summed E-state index contributed by atoms with van der Waals surface area (Å²) in [4.78, 5) is 2.17. The van der Waals surface area contributed by atoms with Crippen LogP contribution in [0.4, 0.5) is 11.4 Å². The third kappa shape index (κ3) is 2.45. The van der Waals surface area contributed by atoms with Crippen LogP contribution < -0.4 is 4.90 Å². The quantitative estimate of drug-likeness (QED) is 0.779. The molecular weight excluding hydrogens is 262 g/mol. The molecule has 0 spiro atoms. The van der Waals surface area contributed by atoms with E-state index in [2.05, 4.69) is 71.2 Å². The smallest absolute Gasteiger partial charge is 0.0419 e. The van der Waals surface area contributed by atoms with Gasteiger partial charge in [0.25, 0.3) is 0 Å². The maximum absolute atomic E-state index is 3.49. The molecule has 0 heterocycles. The molecule has 0 aliphatic rings. The van der Waals surface area contributed by atoms with Gasteiger partial charge in [-0.25, -0.2) is 0 Å². The van der Waals surface area contributed by atoms with Gasteiger partial charge in [0.15, 0.2) is 0 Å². The Labute approximate surface area is 105 Å². The third-order valence-electron chi connectivity index (χ3n) is 2.62. The highest BCUT2D eigenvalue weighted by atomic mass is 79.9. The summed E-state index contributed by atoms with van der Waals surface area (Å²) in [5, 5.41) is 0. The highest BCUT2D eigenvalue weighted by molar-refractivity contribution is 9.10. The number of hydrogen-bond acceptors (Lipinski definition) is 1. The van der Waals surface area contributed by atoms with Crippen LogP contribution in [-0.2, 0) is 0 Å². The summed E-state index contributed by atoms with van der Waals surface area (Å²) < 4.78 is 1.10. The zero-order chi connectivity index (χ0) is 11.5. The third-order valence-corrected chi connectivity index (χ3v) is 3.11. The largest absolute Gasteiger partial charge is 0.345 e. The van der Waals surface area contributed by atoms with Gasteiger partial charge in [-0.2, -0.15) is 0 Å². The molecule has 0 aliphatic carbocycles. The molecule has 0 amide bonds. The fourth-order valence-electron chi connectivity index (χ4n) is 1.60. The van der Waals surface area contributed by atoms with Gasteiger partial charge in [0.1, 0.15) is 0 Å². The molecule has 82 valence electrons. The molecule has 0 unspecified atom stereocenters. The zero-order valence-corrected chi connectivity index (χ0v) is 11.0. The van der Waals surface area contributed by atoms with Crippen LogP contribution in [0.15, 0.2) is 53.0 Å². The van der Waals surface area contributed by atoms with Crippen LogP contribution in [0.5, 0.6) is 0 Å². The minimum atomic E-state index is 1.10. The zero-order valence-electron chi connectivity index (χ0n) is 9.44. The molecule has 0 saturated heterocycles. The van der Waals surface area contributed by atoms with E-state index in [0.29, 0.717) is 0 Å². The number of halogens is 1. The highest BCUT2D eigenvalue weighted by Gasteiger charge is 2.03. The molecule has 2 heteroatoms. The van der Waals surface area contributed by atoms with Crippen molar-refractivity contribution in [1.82, 2.24) is 0 Å². The molecule has 0 fully saturated rings. The van der Waals surface area contributed by atoms with Gasteiger partial charge >= 0.3 is 0 Å². The number of benzene rings is 2. The van der Waals surface area contributed by atoms with Crippen molar-refractivity contribution < 1.29 is 0 Å². The van der Waals surface area contributed by atoms with Gasteiger partial charge in [0.2, 0.25) is 0 Å². The number of anilines is 2. The maximum Gasteiger partial charge on any atom is 0.0419 e. The Kier molecular flexibility index (Phi) is 3.30. The van der Waals surface area contributed by atoms with Crippen LogP contribution in [-0.4, -0.2) is 7.05 Å². The van der Waals surface area contributed by atoms with Crippen LogP contribution in [0.25, 0.3) is 0 Å². The standard InChI is InChI=1S/C14H14BrN/c1-11-6-8-13(9-7-11)16(2)14-5-3-4-12(15)10-14/h3-10H,1-2H3. The summed E-state index contributed by atoms with van der Waals surface area (Å²) in [7, 11) is 2.08. The molecule has 1 nitrogen and oxygen atoms in total. The Morgan fingerprint density at radius 1 is 0.938 bits per heavy atom. The first-order valence-corrected chi connectivity index (χ1v) is 6.02. The summed E-state index contributed by atoms with van der Waals surface area (Å²) in [6, 6.07) is 16.8. The SMILES string of the molecule is Cc1ccc(N(C)c2cccc(Br)c2)cc1. The molecule has 2 aromatic rings. The van der Waals surface area contributed by atoms with E-state index < -0.39 is 0 Å². The van der Waals surface area contributed by atoms with Gasteiger partial charge in [-0.1, -0.05) is 39.7 Å². The van der Waals surface area contributed by atoms with Crippen molar-refractivity contribution in [2.24, 2.45) is 0 Å². The molecule has 2 rings (SSSR count). The lowest BCUT2D eigenvalue weighted by atomic mass is 10.2. The summed E-state index contributed by atoms with van der Waals surface area (Å²) in [6.07, 6.45) is 0. The lowest BCUT2D eigenvalue weighted by molar-refractivity contribution is 1.20. The second-order valence-corrected chi connectivity index (χ2v) is 4.79. The van der Waals surface area contributed by atoms with Crippen LogP contribution in [0.1, 0.15) is 5.56 Å². The number of rotatable bonds is 2. The molecule has 0 radical (unpaired) electrons. The average Bonchev–Trinajstić information content (AvgIpc) is 2.29. The van der Waals surface area contributed by atoms with Crippen molar-refractivity contribution in [3.8, 4) is 0 Å². The minimum Gasteiger partial charge on any atom is -0.345 e. The Balaban J connectivity index is 2.31. The van der Waals surface area contributed by atoms with E-state index in [9.17, 15) is 0 Å². The molecular formula is C14H14BrN. The van der Waals surface area contributed by atoms with Crippen molar-refractivity contribution in [3.05, 3.63) is 58.6 Å². The van der Waals surface area contributed by atoms with Gasteiger partial charge < -0.3 is 4.90 Å². The predicted octanol–water partition coefficient (Wildman–Crippen LogP) is 4.53. The fourth-order valence-corrected chi connectivity index (χ4v) is 1.99. The molecule has 0 bridgehead atoms. The average molecular weight is 276 g/mol.